The molecule has 204 valence electrons. The third kappa shape index (κ3) is 5.42. The van der Waals surface area contributed by atoms with Gasteiger partial charge in [-0.2, -0.15) is 0 Å². The van der Waals surface area contributed by atoms with Crippen molar-refractivity contribution in [3.05, 3.63) is 30.3 Å². The first kappa shape index (κ1) is 26.9. The van der Waals surface area contributed by atoms with Crippen LogP contribution < -0.4 is 5.32 Å². The van der Waals surface area contributed by atoms with Crippen LogP contribution in [0.2, 0.25) is 0 Å². The molecule has 5 rings (SSSR count). The zero-order chi connectivity index (χ0) is 26.0. The van der Waals surface area contributed by atoms with Crippen LogP contribution >= 0.6 is 0 Å². The van der Waals surface area contributed by atoms with E-state index in [1.807, 2.05) is 30.3 Å². The minimum Gasteiger partial charge on any atom is -0.393 e. The summed E-state index contributed by atoms with van der Waals surface area (Å²) >= 11 is 0. The monoisotopic (exact) mass is 507 g/mol. The Hall–Kier alpha value is -1.68. The molecule has 4 nitrogen and oxygen atoms in total. The molecule has 0 aliphatic heterocycles. The summed E-state index contributed by atoms with van der Waals surface area (Å²) < 4.78 is 0. The van der Waals surface area contributed by atoms with E-state index in [0.717, 1.165) is 56.0 Å². The van der Waals surface area contributed by atoms with Gasteiger partial charge < -0.3 is 10.4 Å². The second-order valence-corrected chi connectivity index (χ2v) is 13.6. The van der Waals surface area contributed by atoms with Gasteiger partial charge in [-0.3, -0.25) is 9.59 Å². The number of anilines is 1. The van der Waals surface area contributed by atoms with Crippen molar-refractivity contribution in [1.29, 1.82) is 0 Å². The summed E-state index contributed by atoms with van der Waals surface area (Å²) in [6.45, 7) is 4.91. The second kappa shape index (κ2) is 11.2. The zero-order valence-corrected chi connectivity index (χ0v) is 23.2. The predicted octanol–water partition coefficient (Wildman–Crippen LogP) is 7.55. The van der Waals surface area contributed by atoms with Gasteiger partial charge in [0, 0.05) is 24.9 Å². The highest BCUT2D eigenvalue weighted by Crippen LogP contribution is 2.67. The smallest absolute Gasteiger partial charge is 0.224 e. The van der Waals surface area contributed by atoms with Crippen LogP contribution in [0.3, 0.4) is 0 Å². The average molecular weight is 508 g/mol. The molecular formula is C33H49NO3. The maximum Gasteiger partial charge on any atom is 0.224 e. The van der Waals surface area contributed by atoms with Crippen LogP contribution in [0.1, 0.15) is 110 Å². The summed E-state index contributed by atoms with van der Waals surface area (Å²) in [6.07, 6.45) is 16.0. The normalized spacial score (nSPS) is 38.9. The maximum absolute atomic E-state index is 12.5. The second-order valence-electron chi connectivity index (χ2n) is 13.6. The van der Waals surface area contributed by atoms with E-state index < -0.39 is 0 Å². The van der Waals surface area contributed by atoms with Crippen LogP contribution in [0, 0.1) is 40.4 Å². The van der Waals surface area contributed by atoms with Crippen LogP contribution in [0.25, 0.3) is 0 Å². The number of Topliss-reactive ketones (excluding diaryl/α,β-unsaturated/α-hetero) is 1. The van der Waals surface area contributed by atoms with Crippen molar-refractivity contribution in [2.75, 3.05) is 5.32 Å². The number of hydrogen-bond donors (Lipinski definition) is 2. The number of rotatable bonds is 9. The number of aliphatic hydroxyl groups is 1. The molecule has 4 aliphatic carbocycles. The first-order valence-electron chi connectivity index (χ1n) is 15.4. The number of carbonyl (C=O) groups excluding carboxylic acids is 2. The average Bonchev–Trinajstić information content (AvgIpc) is 3.19. The quantitative estimate of drug-likeness (QED) is 0.339. The summed E-state index contributed by atoms with van der Waals surface area (Å²) in [6, 6.07) is 9.71. The highest BCUT2D eigenvalue weighted by atomic mass is 16.3. The number of amides is 1. The third-order valence-corrected chi connectivity index (χ3v) is 11.6. The van der Waals surface area contributed by atoms with E-state index in [4.69, 9.17) is 0 Å². The highest BCUT2D eigenvalue weighted by Gasteiger charge is 2.62. The summed E-state index contributed by atoms with van der Waals surface area (Å²) in [4.78, 5) is 24.6. The Kier molecular flexibility index (Phi) is 8.15. The van der Waals surface area contributed by atoms with Crippen LogP contribution in [-0.2, 0) is 9.59 Å². The zero-order valence-electron chi connectivity index (χ0n) is 23.2. The Labute approximate surface area is 224 Å². The molecule has 0 heterocycles. The van der Waals surface area contributed by atoms with E-state index >= 15 is 0 Å². The Morgan fingerprint density at radius 3 is 2.49 bits per heavy atom. The van der Waals surface area contributed by atoms with Crippen molar-refractivity contribution in [3.63, 3.8) is 0 Å². The molecule has 0 unspecified atom stereocenters. The number of ketones is 1. The number of benzene rings is 1. The van der Waals surface area contributed by atoms with Crippen molar-refractivity contribution in [1.82, 2.24) is 0 Å². The molecule has 4 aliphatic rings. The van der Waals surface area contributed by atoms with Gasteiger partial charge in [-0.1, -0.05) is 64.2 Å². The van der Waals surface area contributed by atoms with Crippen molar-refractivity contribution in [3.8, 4) is 0 Å². The van der Waals surface area contributed by atoms with Gasteiger partial charge in [-0.25, -0.2) is 0 Å². The molecule has 37 heavy (non-hydrogen) atoms. The molecule has 2 N–H and O–H groups in total. The van der Waals surface area contributed by atoms with Gasteiger partial charge in [0.05, 0.1) is 6.10 Å². The molecule has 4 heteroatoms. The fourth-order valence-electron chi connectivity index (χ4n) is 9.46. The third-order valence-electron chi connectivity index (χ3n) is 11.6. The van der Waals surface area contributed by atoms with Gasteiger partial charge in [0.2, 0.25) is 5.91 Å². The fourth-order valence-corrected chi connectivity index (χ4v) is 9.46. The summed E-state index contributed by atoms with van der Waals surface area (Å²) in [5, 5.41) is 13.9. The van der Waals surface area contributed by atoms with Gasteiger partial charge in [-0.05, 0) is 97.5 Å². The van der Waals surface area contributed by atoms with E-state index in [-0.39, 0.29) is 17.4 Å². The van der Waals surface area contributed by atoms with E-state index in [2.05, 4.69) is 19.2 Å². The molecule has 1 amide bonds. The van der Waals surface area contributed by atoms with Gasteiger partial charge in [-0.15, -0.1) is 0 Å². The lowest BCUT2D eigenvalue weighted by atomic mass is 9.42. The van der Waals surface area contributed by atoms with Crippen LogP contribution in [0.5, 0.6) is 0 Å². The van der Waals surface area contributed by atoms with Gasteiger partial charge in [0.1, 0.15) is 5.78 Å². The largest absolute Gasteiger partial charge is 0.393 e. The minimum absolute atomic E-state index is 0.105. The van der Waals surface area contributed by atoms with Gasteiger partial charge in [0.15, 0.2) is 0 Å². The molecule has 0 bridgehead atoms. The molecule has 8 atom stereocenters. The van der Waals surface area contributed by atoms with E-state index in [1.54, 1.807) is 0 Å². The minimum atomic E-state index is -0.128. The predicted molar refractivity (Wildman–Crippen MR) is 149 cm³/mol. The SMILES string of the molecule is C[C@]12CCC(=O)C[C@@H]1C[C@@H](CCCCCCCC(=O)Nc1ccccc1)[C@@H]1[C@@H]2CC[C@]2(C)[C@@H](O)CC[C@@H]12. The number of nitrogens with one attached hydrogen (secondary N) is 1. The van der Waals surface area contributed by atoms with Crippen molar-refractivity contribution in [2.24, 2.45) is 40.4 Å². The number of fused-ring (bicyclic) bond motifs is 5. The van der Waals surface area contributed by atoms with Crippen molar-refractivity contribution >= 4 is 17.4 Å². The van der Waals surface area contributed by atoms with Gasteiger partial charge in [0.25, 0.3) is 0 Å². The Morgan fingerprint density at radius 1 is 0.946 bits per heavy atom. The summed E-state index contributed by atoms with van der Waals surface area (Å²) in [7, 11) is 0. The lowest BCUT2D eigenvalue weighted by Crippen LogP contribution is -2.57. The number of para-hydroxylation sites is 1. The number of aliphatic hydroxyl groups excluding tert-OH is 1. The Balaban J connectivity index is 1.13. The molecular weight excluding hydrogens is 458 g/mol. The maximum atomic E-state index is 12.5. The molecule has 1 aromatic rings. The van der Waals surface area contributed by atoms with Gasteiger partial charge >= 0.3 is 0 Å². The van der Waals surface area contributed by atoms with Crippen molar-refractivity contribution in [2.45, 2.75) is 116 Å². The summed E-state index contributed by atoms with van der Waals surface area (Å²) in [5.41, 5.74) is 1.31. The molecule has 1 aromatic carbocycles. The molecule has 0 spiro atoms. The molecule has 0 aromatic heterocycles. The van der Waals surface area contributed by atoms with E-state index in [9.17, 15) is 14.7 Å². The lowest BCUT2D eigenvalue weighted by molar-refractivity contribution is -0.156. The van der Waals surface area contributed by atoms with Crippen LogP contribution in [-0.4, -0.2) is 22.9 Å². The Morgan fingerprint density at radius 2 is 1.68 bits per heavy atom. The standard InChI is InChI=1S/C33H49NO3/c1-32-19-17-26(35)22-24(32)21-23(31-27-15-16-29(36)33(27,2)20-18-28(31)32)11-7-4-3-5-10-14-30(37)34-25-12-8-6-9-13-25/h6,8-9,12-13,23-24,27-29,31,36H,3-5,7,10-11,14-22H2,1-2H3,(H,34,37)/t23-,24+,27+,28+,29+,31+,32+,33+/m1/s1. The fraction of sp³-hybridized carbons (Fsp3) is 0.758. The number of unbranched alkanes of at least 4 members (excludes halogenated alkanes) is 4. The number of hydrogen-bond acceptors (Lipinski definition) is 3. The molecule has 4 fully saturated rings. The highest BCUT2D eigenvalue weighted by molar-refractivity contribution is 5.90. The first-order valence-corrected chi connectivity index (χ1v) is 15.4. The topological polar surface area (TPSA) is 66.4 Å². The molecule has 4 saturated carbocycles. The van der Waals surface area contributed by atoms with Crippen LogP contribution in [0.15, 0.2) is 30.3 Å². The van der Waals surface area contributed by atoms with E-state index in [1.165, 1.54) is 51.4 Å². The lowest BCUT2D eigenvalue weighted by Gasteiger charge is -2.62. The molecule has 0 saturated heterocycles. The summed E-state index contributed by atoms with van der Waals surface area (Å²) in [5.74, 6) is 4.00. The Bertz CT molecular complexity index is 946. The molecule has 0 radical (unpaired) electrons. The van der Waals surface area contributed by atoms with Crippen LogP contribution in [0.4, 0.5) is 5.69 Å². The van der Waals surface area contributed by atoms with E-state index in [0.29, 0.717) is 35.4 Å². The first-order chi connectivity index (χ1) is 17.8. The van der Waals surface area contributed by atoms with Crippen molar-refractivity contribution < 1.29 is 14.7 Å². The number of carbonyl (C=O) groups is 2.